The van der Waals surface area contributed by atoms with E-state index in [2.05, 4.69) is 4.98 Å². The van der Waals surface area contributed by atoms with Gasteiger partial charge in [-0.3, -0.25) is 9.13 Å². The fourth-order valence-corrected chi connectivity index (χ4v) is 3.14. The molecule has 1 amide bonds. The van der Waals surface area contributed by atoms with Crippen LogP contribution in [0.4, 0.5) is 4.79 Å². The number of carbonyl (C=O) groups is 1. The van der Waals surface area contributed by atoms with Gasteiger partial charge >= 0.3 is 11.8 Å². The van der Waals surface area contributed by atoms with Crippen LogP contribution >= 0.6 is 11.6 Å². The fourth-order valence-electron chi connectivity index (χ4n) is 2.98. The lowest BCUT2D eigenvalue weighted by molar-refractivity contribution is 0.0289. The van der Waals surface area contributed by atoms with Crippen LogP contribution in [-0.2, 0) is 11.8 Å². The van der Waals surface area contributed by atoms with Crippen LogP contribution in [0.15, 0.2) is 17.1 Å². The lowest BCUT2D eigenvalue weighted by Gasteiger charge is -2.24. The van der Waals surface area contributed by atoms with Gasteiger partial charge in [-0.2, -0.15) is 0 Å². The second kappa shape index (κ2) is 5.81. The van der Waals surface area contributed by atoms with E-state index in [9.17, 15) is 9.59 Å². The standard InChI is InChI=1S/C16H21ClN4O3/c1-16(2,3)24-15(23)20-6-5-11(9-20)21-13-12(19(4)14(21)22)7-10(17)8-18-13/h7-8,11H,5-6,9H2,1-4H3. The highest BCUT2D eigenvalue weighted by Gasteiger charge is 2.32. The number of carbonyl (C=O) groups excluding carboxylic acids is 1. The quantitative estimate of drug-likeness (QED) is 0.791. The largest absolute Gasteiger partial charge is 0.444 e. The van der Waals surface area contributed by atoms with Crippen LogP contribution in [0.2, 0.25) is 5.02 Å². The van der Waals surface area contributed by atoms with Crippen molar-refractivity contribution in [2.45, 2.75) is 38.8 Å². The van der Waals surface area contributed by atoms with Crippen molar-refractivity contribution in [1.82, 2.24) is 19.0 Å². The Kier molecular flexibility index (Phi) is 4.07. The van der Waals surface area contributed by atoms with Gasteiger partial charge in [-0.05, 0) is 33.3 Å². The second-order valence-electron chi connectivity index (χ2n) is 7.08. The molecular weight excluding hydrogens is 332 g/mol. The molecule has 0 N–H and O–H groups in total. The summed E-state index contributed by atoms with van der Waals surface area (Å²) in [4.78, 5) is 30.8. The van der Waals surface area contributed by atoms with Crippen molar-refractivity contribution < 1.29 is 9.53 Å². The van der Waals surface area contributed by atoms with Crippen LogP contribution in [0.1, 0.15) is 33.2 Å². The van der Waals surface area contributed by atoms with E-state index in [-0.39, 0.29) is 17.8 Å². The molecule has 0 radical (unpaired) electrons. The van der Waals surface area contributed by atoms with Crippen LogP contribution in [0.5, 0.6) is 0 Å². The van der Waals surface area contributed by atoms with Crippen molar-refractivity contribution >= 4 is 28.9 Å². The summed E-state index contributed by atoms with van der Waals surface area (Å²) in [6.07, 6.45) is 1.86. The van der Waals surface area contributed by atoms with E-state index in [0.717, 1.165) is 0 Å². The van der Waals surface area contributed by atoms with Crippen molar-refractivity contribution in [3.8, 4) is 0 Å². The molecule has 0 saturated carbocycles. The highest BCUT2D eigenvalue weighted by atomic mass is 35.5. The van der Waals surface area contributed by atoms with Crippen LogP contribution in [-0.4, -0.2) is 43.8 Å². The molecule has 3 rings (SSSR count). The summed E-state index contributed by atoms with van der Waals surface area (Å²) in [5.74, 6) is 0. The van der Waals surface area contributed by atoms with E-state index < -0.39 is 5.60 Å². The molecule has 24 heavy (non-hydrogen) atoms. The molecule has 7 nitrogen and oxygen atoms in total. The summed E-state index contributed by atoms with van der Waals surface area (Å²) in [7, 11) is 1.69. The number of hydrogen-bond donors (Lipinski definition) is 0. The Labute approximate surface area is 144 Å². The number of aromatic nitrogens is 3. The fraction of sp³-hybridized carbons (Fsp3) is 0.562. The highest BCUT2D eigenvalue weighted by Crippen LogP contribution is 2.26. The van der Waals surface area contributed by atoms with E-state index in [0.29, 0.717) is 35.7 Å². The molecule has 1 unspecified atom stereocenters. The number of aryl methyl sites for hydroxylation is 1. The van der Waals surface area contributed by atoms with E-state index in [1.54, 1.807) is 22.6 Å². The van der Waals surface area contributed by atoms with Gasteiger partial charge in [0, 0.05) is 26.3 Å². The third-order valence-electron chi connectivity index (χ3n) is 4.08. The van der Waals surface area contributed by atoms with Gasteiger partial charge in [-0.1, -0.05) is 11.6 Å². The van der Waals surface area contributed by atoms with Crippen molar-refractivity contribution in [2.24, 2.45) is 7.05 Å². The number of rotatable bonds is 1. The third-order valence-corrected chi connectivity index (χ3v) is 4.28. The molecule has 1 atom stereocenters. The van der Waals surface area contributed by atoms with Gasteiger partial charge in [0.15, 0.2) is 5.65 Å². The van der Waals surface area contributed by atoms with Crippen LogP contribution < -0.4 is 5.69 Å². The number of pyridine rings is 1. The van der Waals surface area contributed by atoms with Gasteiger partial charge in [0.25, 0.3) is 0 Å². The minimum Gasteiger partial charge on any atom is -0.444 e. The second-order valence-corrected chi connectivity index (χ2v) is 7.51. The zero-order chi connectivity index (χ0) is 17.6. The lowest BCUT2D eigenvalue weighted by Crippen LogP contribution is -2.36. The van der Waals surface area contributed by atoms with E-state index >= 15 is 0 Å². The predicted octanol–water partition coefficient (Wildman–Crippen LogP) is 2.57. The van der Waals surface area contributed by atoms with Crippen LogP contribution in [0.3, 0.4) is 0 Å². The average molecular weight is 353 g/mol. The van der Waals surface area contributed by atoms with Crippen LogP contribution in [0, 0.1) is 0 Å². The summed E-state index contributed by atoms with van der Waals surface area (Å²) >= 11 is 5.98. The summed E-state index contributed by atoms with van der Waals surface area (Å²) in [5, 5.41) is 0.483. The molecule has 0 aliphatic carbocycles. The van der Waals surface area contributed by atoms with Gasteiger partial charge in [0.2, 0.25) is 0 Å². The van der Waals surface area contributed by atoms with Gasteiger partial charge < -0.3 is 9.64 Å². The molecule has 1 aliphatic rings. The molecule has 3 heterocycles. The van der Waals surface area contributed by atoms with Crippen molar-refractivity contribution in [3.05, 3.63) is 27.8 Å². The molecule has 8 heteroatoms. The van der Waals surface area contributed by atoms with Crippen molar-refractivity contribution in [2.75, 3.05) is 13.1 Å². The number of hydrogen-bond acceptors (Lipinski definition) is 4. The molecule has 0 spiro atoms. The minimum atomic E-state index is -0.538. The van der Waals surface area contributed by atoms with Gasteiger partial charge in [0.05, 0.1) is 16.6 Å². The number of ether oxygens (including phenoxy) is 1. The smallest absolute Gasteiger partial charge is 0.410 e. The summed E-state index contributed by atoms with van der Waals surface area (Å²) < 4.78 is 8.59. The summed E-state index contributed by atoms with van der Waals surface area (Å²) in [5.41, 5.74) is 0.575. The Bertz CT molecular complexity index is 849. The Hall–Kier alpha value is -2.02. The monoisotopic (exact) mass is 352 g/mol. The van der Waals surface area contributed by atoms with Crippen molar-refractivity contribution in [3.63, 3.8) is 0 Å². The van der Waals surface area contributed by atoms with Gasteiger partial charge in [-0.25, -0.2) is 14.6 Å². The first-order valence-corrected chi connectivity index (χ1v) is 8.25. The molecule has 2 aromatic heterocycles. The topological polar surface area (TPSA) is 69.4 Å². The summed E-state index contributed by atoms with van der Waals surface area (Å²) in [6, 6.07) is 1.60. The Morgan fingerprint density at radius 3 is 2.79 bits per heavy atom. The maximum atomic E-state index is 12.6. The number of halogens is 1. The molecule has 0 aromatic carbocycles. The number of imidazole rings is 1. The Morgan fingerprint density at radius 2 is 2.12 bits per heavy atom. The first-order valence-electron chi connectivity index (χ1n) is 7.88. The molecular formula is C16H21ClN4O3. The summed E-state index contributed by atoms with van der Waals surface area (Å²) in [6.45, 7) is 6.48. The first kappa shape index (κ1) is 16.8. The van der Waals surface area contributed by atoms with Gasteiger partial charge in [0.1, 0.15) is 5.60 Å². The number of nitrogens with zero attached hydrogens (tertiary/aromatic N) is 4. The highest BCUT2D eigenvalue weighted by molar-refractivity contribution is 6.31. The number of fused-ring (bicyclic) bond motifs is 1. The minimum absolute atomic E-state index is 0.123. The molecule has 1 fully saturated rings. The van der Waals surface area contributed by atoms with E-state index in [4.69, 9.17) is 16.3 Å². The SMILES string of the molecule is Cn1c(=O)n(C2CCN(C(=O)OC(C)(C)C)C2)c2ncc(Cl)cc21. The number of amides is 1. The third kappa shape index (κ3) is 3.00. The molecule has 0 bridgehead atoms. The maximum Gasteiger partial charge on any atom is 0.410 e. The normalized spacial score (nSPS) is 18.4. The lowest BCUT2D eigenvalue weighted by atomic mass is 10.2. The molecule has 2 aromatic rings. The molecule has 1 saturated heterocycles. The van der Waals surface area contributed by atoms with Crippen molar-refractivity contribution in [1.29, 1.82) is 0 Å². The zero-order valence-corrected chi connectivity index (χ0v) is 15.0. The Balaban J connectivity index is 1.89. The number of likely N-dealkylation sites (tertiary alicyclic amines) is 1. The van der Waals surface area contributed by atoms with Crippen LogP contribution in [0.25, 0.3) is 11.2 Å². The maximum absolute atomic E-state index is 12.6. The van der Waals surface area contributed by atoms with Gasteiger partial charge in [-0.15, -0.1) is 0 Å². The molecule has 130 valence electrons. The first-order chi connectivity index (χ1) is 11.2. The zero-order valence-electron chi connectivity index (χ0n) is 14.2. The average Bonchev–Trinajstić information content (AvgIpc) is 3.03. The van der Waals surface area contributed by atoms with E-state index in [1.165, 1.54) is 10.8 Å². The predicted molar refractivity (Wildman–Crippen MR) is 91.4 cm³/mol. The molecule has 1 aliphatic heterocycles. The van der Waals surface area contributed by atoms with E-state index in [1.807, 2.05) is 20.8 Å². The Morgan fingerprint density at radius 1 is 1.42 bits per heavy atom.